The first-order chi connectivity index (χ1) is 10.2. The number of nitrogens with zero attached hydrogens (tertiary/aromatic N) is 1. The van der Waals surface area contributed by atoms with Crippen molar-refractivity contribution >= 4 is 23.0 Å². The lowest BCUT2D eigenvalue weighted by Gasteiger charge is -2.01. The molecule has 0 radical (unpaired) electrons. The number of anilines is 1. The molecule has 104 valence electrons. The van der Waals surface area contributed by atoms with E-state index in [4.69, 9.17) is 5.73 Å². The standard InChI is InChI=1S/C16H11FN2OS/c17-12-8-6-10(7-9-12)14-13(18)16(21-19-14)15(20)11-4-2-1-3-5-11/h1-9H,18H2. The molecule has 0 aliphatic heterocycles. The summed E-state index contributed by atoms with van der Waals surface area (Å²) in [6.45, 7) is 0. The van der Waals surface area contributed by atoms with Gasteiger partial charge in [-0.3, -0.25) is 4.79 Å². The van der Waals surface area contributed by atoms with Crippen LogP contribution in [0.5, 0.6) is 0 Å². The second-order valence-corrected chi connectivity index (χ2v) is 5.25. The third-order valence-electron chi connectivity index (χ3n) is 3.09. The van der Waals surface area contributed by atoms with Gasteiger partial charge in [-0.25, -0.2) is 4.39 Å². The molecule has 0 atom stereocenters. The van der Waals surface area contributed by atoms with Gasteiger partial charge in [0.25, 0.3) is 0 Å². The monoisotopic (exact) mass is 298 g/mol. The zero-order valence-corrected chi connectivity index (χ0v) is 11.7. The highest BCUT2D eigenvalue weighted by Crippen LogP contribution is 2.32. The third kappa shape index (κ3) is 2.55. The number of nitrogen functional groups attached to an aromatic ring is 1. The number of nitrogens with two attached hydrogens (primary N) is 1. The van der Waals surface area contributed by atoms with E-state index in [2.05, 4.69) is 4.37 Å². The van der Waals surface area contributed by atoms with Gasteiger partial charge in [0, 0.05) is 11.1 Å². The summed E-state index contributed by atoms with van der Waals surface area (Å²) in [6, 6.07) is 14.8. The average molecular weight is 298 g/mol. The van der Waals surface area contributed by atoms with Gasteiger partial charge in [0.05, 0.1) is 5.69 Å². The molecule has 0 amide bonds. The fourth-order valence-electron chi connectivity index (χ4n) is 2.00. The van der Waals surface area contributed by atoms with Crippen LogP contribution in [0.1, 0.15) is 15.2 Å². The van der Waals surface area contributed by atoms with Crippen LogP contribution >= 0.6 is 11.5 Å². The molecule has 0 aliphatic rings. The normalized spacial score (nSPS) is 10.5. The summed E-state index contributed by atoms with van der Waals surface area (Å²) in [4.78, 5) is 12.8. The van der Waals surface area contributed by atoms with E-state index in [1.165, 1.54) is 12.1 Å². The highest BCUT2D eigenvalue weighted by molar-refractivity contribution is 7.09. The van der Waals surface area contributed by atoms with E-state index >= 15 is 0 Å². The summed E-state index contributed by atoms with van der Waals surface area (Å²) in [7, 11) is 0. The Morgan fingerprint density at radius 3 is 2.38 bits per heavy atom. The minimum absolute atomic E-state index is 0.154. The summed E-state index contributed by atoms with van der Waals surface area (Å²) in [5, 5.41) is 0. The third-order valence-corrected chi connectivity index (χ3v) is 3.95. The van der Waals surface area contributed by atoms with Crippen LogP contribution in [0.2, 0.25) is 0 Å². The smallest absolute Gasteiger partial charge is 0.206 e. The molecule has 2 aromatic carbocycles. The molecule has 0 fully saturated rings. The van der Waals surface area contributed by atoms with Crippen molar-refractivity contribution in [3.63, 3.8) is 0 Å². The highest BCUT2D eigenvalue weighted by atomic mass is 32.1. The number of hydrogen-bond acceptors (Lipinski definition) is 4. The Kier molecular flexibility index (Phi) is 3.50. The lowest BCUT2D eigenvalue weighted by Crippen LogP contribution is -2.02. The Morgan fingerprint density at radius 1 is 1.05 bits per heavy atom. The van der Waals surface area contributed by atoms with E-state index in [0.29, 0.717) is 27.4 Å². The topological polar surface area (TPSA) is 56.0 Å². The second-order valence-electron chi connectivity index (χ2n) is 4.48. The van der Waals surface area contributed by atoms with E-state index in [1.807, 2.05) is 6.07 Å². The summed E-state index contributed by atoms with van der Waals surface area (Å²) < 4.78 is 17.2. The van der Waals surface area contributed by atoms with Gasteiger partial charge >= 0.3 is 0 Å². The van der Waals surface area contributed by atoms with Crippen LogP contribution in [0.15, 0.2) is 54.6 Å². The zero-order valence-electron chi connectivity index (χ0n) is 10.9. The van der Waals surface area contributed by atoms with Gasteiger partial charge in [0.15, 0.2) is 0 Å². The Balaban J connectivity index is 2.00. The second kappa shape index (κ2) is 5.46. The minimum atomic E-state index is -0.326. The first-order valence-electron chi connectivity index (χ1n) is 6.27. The Bertz CT molecular complexity index is 782. The number of aromatic nitrogens is 1. The van der Waals surface area contributed by atoms with Gasteiger partial charge in [-0.15, -0.1) is 0 Å². The largest absolute Gasteiger partial charge is 0.396 e. The van der Waals surface area contributed by atoms with Crippen LogP contribution in [0.25, 0.3) is 11.3 Å². The van der Waals surface area contributed by atoms with Crippen molar-refractivity contribution < 1.29 is 9.18 Å². The van der Waals surface area contributed by atoms with Crippen molar-refractivity contribution in [2.24, 2.45) is 0 Å². The molecule has 0 aliphatic carbocycles. The SMILES string of the molecule is Nc1c(-c2ccc(F)cc2)nsc1C(=O)c1ccccc1. The lowest BCUT2D eigenvalue weighted by molar-refractivity contribution is 0.104. The number of halogens is 1. The summed E-state index contributed by atoms with van der Waals surface area (Å²) in [5.41, 5.74) is 8.15. The molecule has 0 spiro atoms. The van der Waals surface area contributed by atoms with E-state index in [1.54, 1.807) is 36.4 Å². The van der Waals surface area contributed by atoms with E-state index in [0.717, 1.165) is 11.5 Å². The molecule has 0 bridgehead atoms. The quantitative estimate of drug-likeness (QED) is 0.749. The van der Waals surface area contributed by atoms with Crippen LogP contribution in [0.3, 0.4) is 0 Å². The average Bonchev–Trinajstić information content (AvgIpc) is 2.90. The molecule has 0 saturated carbocycles. The van der Waals surface area contributed by atoms with Gasteiger partial charge in [0.1, 0.15) is 16.4 Å². The highest BCUT2D eigenvalue weighted by Gasteiger charge is 2.19. The van der Waals surface area contributed by atoms with Crippen LogP contribution in [0.4, 0.5) is 10.1 Å². The maximum absolute atomic E-state index is 13.0. The molecule has 0 unspecified atom stereocenters. The number of rotatable bonds is 3. The fraction of sp³-hybridized carbons (Fsp3) is 0. The van der Waals surface area contributed by atoms with Crippen molar-refractivity contribution in [2.75, 3.05) is 5.73 Å². The van der Waals surface area contributed by atoms with Crippen LogP contribution in [0, 0.1) is 5.82 Å². The van der Waals surface area contributed by atoms with Crippen molar-refractivity contribution in [3.8, 4) is 11.3 Å². The molecule has 3 aromatic rings. The molecular formula is C16H11FN2OS. The predicted octanol–water partition coefficient (Wildman–Crippen LogP) is 3.76. The van der Waals surface area contributed by atoms with E-state index < -0.39 is 0 Å². The van der Waals surface area contributed by atoms with Crippen LogP contribution in [-0.4, -0.2) is 10.2 Å². The van der Waals surface area contributed by atoms with Crippen molar-refractivity contribution in [1.82, 2.24) is 4.37 Å². The number of ketones is 1. The molecule has 5 heteroatoms. The van der Waals surface area contributed by atoms with E-state index in [9.17, 15) is 9.18 Å². The van der Waals surface area contributed by atoms with Gasteiger partial charge < -0.3 is 5.73 Å². The number of hydrogen-bond donors (Lipinski definition) is 1. The van der Waals surface area contributed by atoms with Gasteiger partial charge in [-0.2, -0.15) is 4.37 Å². The molecule has 3 rings (SSSR count). The zero-order chi connectivity index (χ0) is 14.8. The van der Waals surface area contributed by atoms with Gasteiger partial charge in [0.2, 0.25) is 5.78 Å². The van der Waals surface area contributed by atoms with Crippen molar-refractivity contribution in [1.29, 1.82) is 0 Å². The Hall–Kier alpha value is -2.53. The molecule has 21 heavy (non-hydrogen) atoms. The number of carbonyl (C=O) groups excluding carboxylic acids is 1. The summed E-state index contributed by atoms with van der Waals surface area (Å²) >= 11 is 1.06. The van der Waals surface area contributed by atoms with Crippen LogP contribution < -0.4 is 5.73 Å². The Morgan fingerprint density at radius 2 is 1.71 bits per heavy atom. The predicted molar refractivity (Wildman–Crippen MR) is 81.8 cm³/mol. The van der Waals surface area contributed by atoms with Crippen molar-refractivity contribution in [3.05, 3.63) is 70.9 Å². The van der Waals surface area contributed by atoms with Crippen molar-refractivity contribution in [2.45, 2.75) is 0 Å². The number of carbonyl (C=O) groups is 1. The Labute approximate surface area is 125 Å². The lowest BCUT2D eigenvalue weighted by atomic mass is 10.1. The molecule has 1 heterocycles. The minimum Gasteiger partial charge on any atom is -0.396 e. The van der Waals surface area contributed by atoms with Gasteiger partial charge in [-0.1, -0.05) is 30.3 Å². The molecule has 2 N–H and O–H groups in total. The molecular weight excluding hydrogens is 287 g/mol. The summed E-state index contributed by atoms with van der Waals surface area (Å²) in [6.07, 6.45) is 0. The first kappa shape index (κ1) is 13.5. The van der Waals surface area contributed by atoms with E-state index in [-0.39, 0.29) is 11.6 Å². The number of benzene rings is 2. The van der Waals surface area contributed by atoms with Gasteiger partial charge in [-0.05, 0) is 35.8 Å². The summed E-state index contributed by atoms with van der Waals surface area (Å²) in [5.74, 6) is -0.480. The first-order valence-corrected chi connectivity index (χ1v) is 7.05. The molecule has 1 aromatic heterocycles. The molecule has 0 saturated heterocycles. The fourth-order valence-corrected chi connectivity index (χ4v) is 2.78. The maximum atomic E-state index is 13.0. The van der Waals surface area contributed by atoms with Crippen LogP contribution in [-0.2, 0) is 0 Å². The maximum Gasteiger partial charge on any atom is 0.206 e. The molecule has 3 nitrogen and oxygen atoms in total.